The van der Waals surface area contributed by atoms with Crippen molar-refractivity contribution in [3.8, 4) is 11.5 Å². The number of nitrogens with zero attached hydrogens (tertiary/aromatic N) is 4. The van der Waals surface area contributed by atoms with Crippen LogP contribution >= 0.6 is 11.3 Å². The highest BCUT2D eigenvalue weighted by Gasteiger charge is 2.10. The molecular formula is C18H21N5S. The molecule has 3 aromatic rings. The Morgan fingerprint density at radius 1 is 1.12 bits per heavy atom. The fourth-order valence-electron chi connectivity index (χ4n) is 2.35. The van der Waals surface area contributed by atoms with Gasteiger partial charge in [0.05, 0.1) is 10.7 Å². The molecule has 0 fully saturated rings. The molecule has 0 aliphatic heterocycles. The van der Waals surface area contributed by atoms with E-state index in [1.54, 1.807) is 17.5 Å². The van der Waals surface area contributed by atoms with Gasteiger partial charge in [0.25, 0.3) is 0 Å². The van der Waals surface area contributed by atoms with Crippen LogP contribution in [0.4, 0.5) is 5.82 Å². The number of thiazole rings is 1. The zero-order valence-electron chi connectivity index (χ0n) is 14.2. The molecule has 5 nitrogen and oxygen atoms in total. The normalized spacial score (nSPS) is 10.8. The first-order chi connectivity index (χ1) is 11.7. The van der Waals surface area contributed by atoms with Crippen LogP contribution in [0.2, 0.25) is 0 Å². The van der Waals surface area contributed by atoms with Crippen molar-refractivity contribution in [2.75, 3.05) is 11.9 Å². The number of hydrogen-bond donors (Lipinski definition) is 1. The van der Waals surface area contributed by atoms with Gasteiger partial charge in [-0.05, 0) is 32.4 Å². The van der Waals surface area contributed by atoms with Crippen molar-refractivity contribution < 1.29 is 0 Å². The third kappa shape index (κ3) is 3.76. The molecule has 124 valence electrons. The highest BCUT2D eigenvalue weighted by atomic mass is 32.1. The summed E-state index contributed by atoms with van der Waals surface area (Å²) in [7, 11) is 0. The SMILES string of the molecule is CCc1nc(CCNc2nc(-c3ccccn3)nc(C)c2C)cs1. The first kappa shape index (κ1) is 16.5. The number of pyridine rings is 1. The quantitative estimate of drug-likeness (QED) is 0.739. The minimum absolute atomic E-state index is 0.656. The van der Waals surface area contributed by atoms with Crippen molar-refractivity contribution in [1.82, 2.24) is 19.9 Å². The van der Waals surface area contributed by atoms with Crippen molar-refractivity contribution in [2.24, 2.45) is 0 Å². The molecule has 0 spiro atoms. The summed E-state index contributed by atoms with van der Waals surface area (Å²) in [6.07, 6.45) is 3.64. The van der Waals surface area contributed by atoms with E-state index in [4.69, 9.17) is 0 Å². The van der Waals surface area contributed by atoms with Gasteiger partial charge in [-0.25, -0.2) is 15.0 Å². The monoisotopic (exact) mass is 339 g/mol. The standard InChI is InChI=1S/C18H21N5S/c1-4-16-22-14(11-24-16)8-10-20-17-12(2)13(3)21-18(23-17)15-7-5-6-9-19-15/h5-7,9,11H,4,8,10H2,1-3H3,(H,20,21,23). The molecule has 0 aliphatic carbocycles. The van der Waals surface area contributed by atoms with Gasteiger partial charge in [0.15, 0.2) is 5.82 Å². The first-order valence-corrected chi connectivity index (χ1v) is 8.99. The third-order valence-corrected chi connectivity index (χ3v) is 4.90. The Balaban J connectivity index is 1.73. The van der Waals surface area contributed by atoms with Crippen LogP contribution in [0, 0.1) is 13.8 Å². The Bertz CT molecular complexity index is 814. The topological polar surface area (TPSA) is 63.6 Å². The Morgan fingerprint density at radius 2 is 2.00 bits per heavy atom. The Labute approximate surface area is 146 Å². The lowest BCUT2D eigenvalue weighted by atomic mass is 10.2. The van der Waals surface area contributed by atoms with Crippen molar-refractivity contribution in [3.05, 3.63) is 51.7 Å². The summed E-state index contributed by atoms with van der Waals surface area (Å²) >= 11 is 1.73. The van der Waals surface area contributed by atoms with Gasteiger partial charge in [-0.15, -0.1) is 11.3 Å². The highest BCUT2D eigenvalue weighted by molar-refractivity contribution is 7.09. The molecule has 3 heterocycles. The Morgan fingerprint density at radius 3 is 2.71 bits per heavy atom. The van der Waals surface area contributed by atoms with Crippen LogP contribution in [0.25, 0.3) is 11.5 Å². The second-order valence-electron chi connectivity index (χ2n) is 5.58. The maximum absolute atomic E-state index is 4.65. The number of anilines is 1. The summed E-state index contributed by atoms with van der Waals surface area (Å²) in [5, 5.41) is 6.75. The van der Waals surface area contributed by atoms with Crippen molar-refractivity contribution in [3.63, 3.8) is 0 Å². The number of hydrogen-bond acceptors (Lipinski definition) is 6. The molecule has 0 aromatic carbocycles. The third-order valence-electron chi connectivity index (χ3n) is 3.86. The molecule has 3 rings (SSSR count). The maximum Gasteiger partial charge on any atom is 0.180 e. The fourth-order valence-corrected chi connectivity index (χ4v) is 3.12. The van der Waals surface area contributed by atoms with Crippen LogP contribution in [0.15, 0.2) is 29.8 Å². The van der Waals surface area contributed by atoms with E-state index in [1.807, 2.05) is 32.0 Å². The van der Waals surface area contributed by atoms with E-state index in [-0.39, 0.29) is 0 Å². The second-order valence-corrected chi connectivity index (χ2v) is 6.53. The Kier molecular flexibility index (Phi) is 5.15. The van der Waals surface area contributed by atoms with Gasteiger partial charge in [0.1, 0.15) is 11.5 Å². The number of rotatable bonds is 6. The summed E-state index contributed by atoms with van der Waals surface area (Å²) in [6, 6.07) is 5.76. The minimum Gasteiger partial charge on any atom is -0.369 e. The lowest BCUT2D eigenvalue weighted by Crippen LogP contribution is -2.10. The molecule has 0 amide bonds. The highest BCUT2D eigenvalue weighted by Crippen LogP contribution is 2.20. The van der Waals surface area contributed by atoms with Gasteiger partial charge >= 0.3 is 0 Å². The van der Waals surface area contributed by atoms with E-state index < -0.39 is 0 Å². The van der Waals surface area contributed by atoms with E-state index in [2.05, 4.69) is 37.6 Å². The molecular weight excluding hydrogens is 318 g/mol. The summed E-state index contributed by atoms with van der Waals surface area (Å²) in [5.74, 6) is 1.53. The zero-order chi connectivity index (χ0) is 16.9. The molecule has 0 unspecified atom stereocenters. The largest absolute Gasteiger partial charge is 0.369 e. The van der Waals surface area contributed by atoms with E-state index in [0.717, 1.165) is 47.8 Å². The van der Waals surface area contributed by atoms with Gasteiger partial charge in [0.2, 0.25) is 0 Å². The van der Waals surface area contributed by atoms with Crippen LogP contribution in [0.1, 0.15) is 28.9 Å². The van der Waals surface area contributed by atoms with Crippen molar-refractivity contribution in [2.45, 2.75) is 33.6 Å². The van der Waals surface area contributed by atoms with E-state index >= 15 is 0 Å². The van der Waals surface area contributed by atoms with Gasteiger partial charge in [-0.2, -0.15) is 0 Å². The molecule has 1 N–H and O–H groups in total. The Hall–Kier alpha value is -2.34. The van der Waals surface area contributed by atoms with Gasteiger partial charge in [0, 0.05) is 35.8 Å². The predicted octanol–water partition coefficient (Wildman–Crippen LogP) is 3.83. The van der Waals surface area contributed by atoms with Crippen LogP contribution in [0.5, 0.6) is 0 Å². The van der Waals surface area contributed by atoms with Crippen molar-refractivity contribution >= 4 is 17.2 Å². The smallest absolute Gasteiger partial charge is 0.180 e. The molecule has 0 saturated carbocycles. The number of aromatic nitrogens is 4. The van der Waals surface area contributed by atoms with Crippen molar-refractivity contribution in [1.29, 1.82) is 0 Å². The average molecular weight is 339 g/mol. The van der Waals surface area contributed by atoms with Gasteiger partial charge < -0.3 is 5.32 Å². The molecule has 0 saturated heterocycles. The maximum atomic E-state index is 4.65. The van der Waals surface area contributed by atoms with Crippen LogP contribution < -0.4 is 5.32 Å². The molecule has 24 heavy (non-hydrogen) atoms. The summed E-state index contributed by atoms with van der Waals surface area (Å²) < 4.78 is 0. The molecule has 0 radical (unpaired) electrons. The lowest BCUT2D eigenvalue weighted by molar-refractivity contribution is 0.936. The fraction of sp³-hybridized carbons (Fsp3) is 0.333. The predicted molar refractivity (Wildman–Crippen MR) is 98.4 cm³/mol. The second kappa shape index (κ2) is 7.49. The van der Waals surface area contributed by atoms with E-state index in [1.165, 1.54) is 5.01 Å². The molecule has 6 heteroatoms. The van der Waals surface area contributed by atoms with Gasteiger partial charge in [-0.3, -0.25) is 4.98 Å². The average Bonchev–Trinajstić information content (AvgIpc) is 3.07. The summed E-state index contributed by atoms with van der Waals surface area (Å²) in [6.45, 7) is 6.97. The number of aryl methyl sites for hydroxylation is 2. The van der Waals surface area contributed by atoms with Gasteiger partial charge in [-0.1, -0.05) is 13.0 Å². The molecule has 3 aromatic heterocycles. The minimum atomic E-state index is 0.656. The van der Waals surface area contributed by atoms with Crippen LogP contribution in [-0.4, -0.2) is 26.5 Å². The zero-order valence-corrected chi connectivity index (χ0v) is 15.0. The van der Waals surface area contributed by atoms with E-state index in [9.17, 15) is 0 Å². The first-order valence-electron chi connectivity index (χ1n) is 8.11. The molecule has 0 aliphatic rings. The van der Waals surface area contributed by atoms with Crippen LogP contribution in [0.3, 0.4) is 0 Å². The molecule has 0 atom stereocenters. The number of nitrogens with one attached hydrogen (secondary N) is 1. The van der Waals surface area contributed by atoms with E-state index in [0.29, 0.717) is 5.82 Å². The molecule has 0 bridgehead atoms. The van der Waals surface area contributed by atoms with Crippen LogP contribution in [-0.2, 0) is 12.8 Å². The summed E-state index contributed by atoms with van der Waals surface area (Å²) in [5.41, 5.74) is 3.96. The lowest BCUT2D eigenvalue weighted by Gasteiger charge is -2.11. The summed E-state index contributed by atoms with van der Waals surface area (Å²) in [4.78, 5) is 18.2.